The molecule has 0 aliphatic carbocycles. The number of aromatic nitrogens is 1. The van der Waals surface area contributed by atoms with Gasteiger partial charge in [0.05, 0.1) is 24.8 Å². The molecule has 0 saturated carbocycles. The number of carbonyl (C=O) groups excluding carboxylic acids is 1. The summed E-state index contributed by atoms with van der Waals surface area (Å²) in [5.41, 5.74) is 1.59. The number of pyridine rings is 1. The van der Waals surface area contributed by atoms with E-state index in [9.17, 15) is 4.79 Å². The molecule has 1 unspecified atom stereocenters. The third-order valence-corrected chi connectivity index (χ3v) is 5.15. The van der Waals surface area contributed by atoms with E-state index in [-0.39, 0.29) is 5.97 Å². The van der Waals surface area contributed by atoms with Crippen molar-refractivity contribution in [1.29, 1.82) is 0 Å². The summed E-state index contributed by atoms with van der Waals surface area (Å²) in [6.07, 6.45) is 4.27. The molecule has 1 saturated heterocycles. The largest absolute Gasteiger partial charge is 0.497 e. The van der Waals surface area contributed by atoms with Crippen LogP contribution in [0.2, 0.25) is 0 Å². The van der Waals surface area contributed by atoms with E-state index in [4.69, 9.17) is 9.47 Å². The van der Waals surface area contributed by atoms with Gasteiger partial charge in [-0.1, -0.05) is 18.2 Å². The van der Waals surface area contributed by atoms with Crippen molar-refractivity contribution in [3.8, 4) is 5.75 Å². The normalized spacial score (nSPS) is 20.2. The highest BCUT2D eigenvalue weighted by atomic mass is 16.5. The molecule has 1 atom stereocenters. The zero-order valence-electron chi connectivity index (χ0n) is 16.2. The number of nitrogens with zero attached hydrogens (tertiary/aromatic N) is 2. The van der Waals surface area contributed by atoms with E-state index in [1.807, 2.05) is 49.5 Å². The fourth-order valence-corrected chi connectivity index (χ4v) is 3.92. The number of hydrogen-bond donors (Lipinski definition) is 0. The lowest BCUT2D eigenvalue weighted by atomic mass is 9.75. The topological polar surface area (TPSA) is 51.7 Å². The molecule has 1 aliphatic rings. The van der Waals surface area contributed by atoms with Crippen LogP contribution in [0.3, 0.4) is 0 Å². The van der Waals surface area contributed by atoms with Gasteiger partial charge in [0.15, 0.2) is 0 Å². The Morgan fingerprint density at radius 2 is 2.15 bits per heavy atom. The van der Waals surface area contributed by atoms with Gasteiger partial charge in [0.2, 0.25) is 0 Å². The summed E-state index contributed by atoms with van der Waals surface area (Å²) in [6, 6.07) is 13.9. The highest BCUT2D eigenvalue weighted by Crippen LogP contribution is 2.36. The molecule has 5 nitrogen and oxygen atoms in total. The van der Waals surface area contributed by atoms with Gasteiger partial charge in [0.25, 0.3) is 0 Å². The van der Waals surface area contributed by atoms with Crippen LogP contribution in [-0.2, 0) is 22.5 Å². The molecule has 0 bridgehead atoms. The Balaban J connectivity index is 1.82. The van der Waals surface area contributed by atoms with E-state index in [1.54, 1.807) is 7.11 Å². The first-order valence-corrected chi connectivity index (χ1v) is 9.57. The Morgan fingerprint density at radius 3 is 2.89 bits per heavy atom. The lowest BCUT2D eigenvalue weighted by Gasteiger charge is -2.41. The molecule has 1 aliphatic heterocycles. The van der Waals surface area contributed by atoms with Gasteiger partial charge >= 0.3 is 5.97 Å². The minimum atomic E-state index is -0.532. The molecule has 3 rings (SSSR count). The first kappa shape index (κ1) is 19.4. The number of likely N-dealkylation sites (tertiary alicyclic amines) is 1. The van der Waals surface area contributed by atoms with Crippen LogP contribution in [0.15, 0.2) is 48.7 Å². The van der Waals surface area contributed by atoms with Crippen LogP contribution < -0.4 is 4.74 Å². The Morgan fingerprint density at radius 1 is 1.26 bits per heavy atom. The summed E-state index contributed by atoms with van der Waals surface area (Å²) in [5, 5.41) is 0. The summed E-state index contributed by atoms with van der Waals surface area (Å²) in [4.78, 5) is 19.7. The molecule has 1 aromatic carbocycles. The van der Waals surface area contributed by atoms with Gasteiger partial charge in [0.1, 0.15) is 5.75 Å². The third kappa shape index (κ3) is 4.86. The molecule has 0 spiro atoms. The maximum absolute atomic E-state index is 13.0. The van der Waals surface area contributed by atoms with Crippen molar-refractivity contribution in [3.63, 3.8) is 0 Å². The number of methoxy groups -OCH3 is 1. The molecule has 5 heteroatoms. The quantitative estimate of drug-likeness (QED) is 0.701. The smallest absolute Gasteiger partial charge is 0.313 e. The van der Waals surface area contributed by atoms with Gasteiger partial charge in [-0.15, -0.1) is 0 Å². The van der Waals surface area contributed by atoms with E-state index in [0.29, 0.717) is 19.6 Å². The maximum Gasteiger partial charge on any atom is 0.313 e. The first-order chi connectivity index (χ1) is 13.1. The zero-order valence-corrected chi connectivity index (χ0v) is 16.2. The van der Waals surface area contributed by atoms with Crippen LogP contribution in [0.1, 0.15) is 31.0 Å². The second-order valence-electron chi connectivity index (χ2n) is 7.16. The van der Waals surface area contributed by atoms with Gasteiger partial charge in [-0.25, -0.2) is 0 Å². The maximum atomic E-state index is 13.0. The summed E-state index contributed by atoms with van der Waals surface area (Å²) < 4.78 is 10.8. The number of esters is 1. The van der Waals surface area contributed by atoms with E-state index in [2.05, 4.69) is 16.0 Å². The molecule has 2 heterocycles. The van der Waals surface area contributed by atoms with E-state index in [0.717, 1.165) is 42.9 Å². The number of benzene rings is 1. The number of ether oxygens (including phenoxy) is 2. The van der Waals surface area contributed by atoms with Crippen LogP contribution in [0, 0.1) is 5.41 Å². The highest BCUT2D eigenvalue weighted by molar-refractivity contribution is 5.78. The average Bonchev–Trinajstić information content (AvgIpc) is 2.69. The monoisotopic (exact) mass is 368 g/mol. The van der Waals surface area contributed by atoms with Crippen LogP contribution in [0.5, 0.6) is 5.75 Å². The minimum absolute atomic E-state index is 0.0986. The zero-order chi connectivity index (χ0) is 19.1. The van der Waals surface area contributed by atoms with Crippen molar-refractivity contribution in [1.82, 2.24) is 9.88 Å². The van der Waals surface area contributed by atoms with Gasteiger partial charge < -0.3 is 9.47 Å². The molecule has 0 N–H and O–H groups in total. The van der Waals surface area contributed by atoms with Crippen LogP contribution in [-0.4, -0.2) is 42.7 Å². The number of hydrogen-bond acceptors (Lipinski definition) is 5. The van der Waals surface area contributed by atoms with Gasteiger partial charge in [-0.3, -0.25) is 14.7 Å². The SMILES string of the molecule is CCOC(=O)C1(Cc2cccc(OC)c2)CCCN(Cc2ccccn2)C1. The Labute approximate surface area is 161 Å². The molecule has 27 heavy (non-hydrogen) atoms. The van der Waals surface area contributed by atoms with Crippen molar-refractivity contribution >= 4 is 5.97 Å². The van der Waals surface area contributed by atoms with Crippen LogP contribution in [0.25, 0.3) is 0 Å². The molecule has 0 amide bonds. The van der Waals surface area contributed by atoms with Gasteiger partial charge in [-0.2, -0.15) is 0 Å². The fraction of sp³-hybridized carbons (Fsp3) is 0.455. The van der Waals surface area contributed by atoms with Crippen molar-refractivity contribution in [2.24, 2.45) is 5.41 Å². The Hall–Kier alpha value is -2.40. The van der Waals surface area contributed by atoms with Crippen molar-refractivity contribution in [3.05, 3.63) is 59.9 Å². The minimum Gasteiger partial charge on any atom is -0.497 e. The third-order valence-electron chi connectivity index (χ3n) is 5.15. The molecule has 1 aromatic heterocycles. The van der Waals surface area contributed by atoms with E-state index < -0.39 is 5.41 Å². The second kappa shape index (κ2) is 9.00. The van der Waals surface area contributed by atoms with Crippen molar-refractivity contribution in [2.75, 3.05) is 26.8 Å². The van der Waals surface area contributed by atoms with Crippen molar-refractivity contribution < 1.29 is 14.3 Å². The lowest BCUT2D eigenvalue weighted by molar-refractivity contribution is -0.159. The Bertz CT molecular complexity index is 750. The van der Waals surface area contributed by atoms with E-state index in [1.165, 1.54) is 0 Å². The van der Waals surface area contributed by atoms with E-state index >= 15 is 0 Å². The Kier molecular flexibility index (Phi) is 6.45. The first-order valence-electron chi connectivity index (χ1n) is 9.57. The second-order valence-corrected chi connectivity index (χ2v) is 7.16. The standard InChI is InChI=1S/C22H28N2O3/c1-3-27-21(25)22(15-18-8-6-10-20(14-18)26-2)11-7-13-24(17-22)16-19-9-4-5-12-23-19/h4-6,8-10,12,14H,3,7,11,13,15-17H2,1-2H3. The predicted molar refractivity (Wildman–Crippen MR) is 105 cm³/mol. The highest BCUT2D eigenvalue weighted by Gasteiger charge is 2.43. The molecule has 1 fully saturated rings. The molecule has 144 valence electrons. The molecule has 2 aromatic rings. The lowest BCUT2D eigenvalue weighted by Crippen LogP contribution is -2.49. The molecular formula is C22H28N2O3. The summed E-state index contributed by atoms with van der Waals surface area (Å²) in [5.74, 6) is 0.714. The fourth-order valence-electron chi connectivity index (χ4n) is 3.92. The summed E-state index contributed by atoms with van der Waals surface area (Å²) >= 11 is 0. The average molecular weight is 368 g/mol. The molecular weight excluding hydrogens is 340 g/mol. The number of piperidine rings is 1. The summed E-state index contributed by atoms with van der Waals surface area (Å²) in [6.45, 7) is 4.67. The van der Waals surface area contributed by atoms with Crippen LogP contribution in [0.4, 0.5) is 0 Å². The predicted octanol–water partition coefficient (Wildman–Crippen LogP) is 3.48. The number of carbonyl (C=O) groups is 1. The van der Waals surface area contributed by atoms with Crippen molar-refractivity contribution in [2.45, 2.75) is 32.7 Å². The summed E-state index contributed by atoms with van der Waals surface area (Å²) in [7, 11) is 1.66. The number of rotatable bonds is 7. The van der Waals surface area contributed by atoms with Gasteiger partial charge in [0, 0.05) is 19.3 Å². The van der Waals surface area contributed by atoms with Gasteiger partial charge in [-0.05, 0) is 62.6 Å². The van der Waals surface area contributed by atoms with Crippen LogP contribution >= 0.6 is 0 Å². The molecule has 0 radical (unpaired) electrons.